The Balaban J connectivity index is 2.33. The highest BCUT2D eigenvalue weighted by Gasteiger charge is 2.16. The molecule has 1 aromatic carbocycles. The summed E-state index contributed by atoms with van der Waals surface area (Å²) < 4.78 is 14.5. The molecule has 1 aromatic heterocycles. The molecule has 88 valence electrons. The molecule has 4 nitrogen and oxygen atoms in total. The quantitative estimate of drug-likeness (QED) is 0.811. The predicted octanol–water partition coefficient (Wildman–Crippen LogP) is 1.99. The van der Waals surface area contributed by atoms with Gasteiger partial charge in [0.05, 0.1) is 6.04 Å². The molecule has 0 aliphatic heterocycles. The van der Waals surface area contributed by atoms with Gasteiger partial charge in [-0.2, -0.15) is 5.10 Å². The minimum atomic E-state index is -0.297. The van der Waals surface area contributed by atoms with Gasteiger partial charge in [0.15, 0.2) is 0 Å². The van der Waals surface area contributed by atoms with Gasteiger partial charge in [-0.05, 0) is 24.6 Å². The zero-order valence-corrected chi connectivity index (χ0v) is 9.38. The van der Waals surface area contributed by atoms with Gasteiger partial charge < -0.3 is 0 Å². The summed E-state index contributed by atoms with van der Waals surface area (Å²) >= 11 is 0. The molecule has 0 unspecified atom stereocenters. The van der Waals surface area contributed by atoms with Gasteiger partial charge in [-0.1, -0.05) is 12.1 Å². The van der Waals surface area contributed by atoms with Crippen LogP contribution in [-0.2, 0) is 4.79 Å². The van der Waals surface area contributed by atoms with E-state index in [0.717, 1.165) is 5.56 Å². The Hall–Kier alpha value is -2.04. The predicted molar refractivity (Wildman–Crippen MR) is 59.9 cm³/mol. The first-order valence-corrected chi connectivity index (χ1v) is 5.26. The maximum atomic E-state index is 12.9. The molecule has 1 atom stereocenters. The fraction of sp³-hybridized carbons (Fsp3) is 0.250. The smallest absolute Gasteiger partial charge is 0.137 e. The third kappa shape index (κ3) is 2.75. The number of nitrogens with zero attached hydrogens (tertiary/aromatic N) is 3. The number of Topliss-reactive ketones (excluding diaryl/α,β-unsaturated/α-hetero) is 1. The van der Waals surface area contributed by atoms with Crippen LogP contribution in [0.2, 0.25) is 0 Å². The van der Waals surface area contributed by atoms with Crippen molar-refractivity contribution < 1.29 is 9.18 Å². The highest BCUT2D eigenvalue weighted by Crippen LogP contribution is 2.21. The number of benzene rings is 1. The summed E-state index contributed by atoms with van der Waals surface area (Å²) in [5.41, 5.74) is 0.840. The number of carbonyl (C=O) groups excluding carboxylic acids is 1. The summed E-state index contributed by atoms with van der Waals surface area (Å²) in [5, 5.41) is 4.03. The van der Waals surface area contributed by atoms with E-state index in [1.54, 1.807) is 23.1 Å². The molecule has 0 N–H and O–H groups in total. The van der Waals surface area contributed by atoms with Gasteiger partial charge in [-0.25, -0.2) is 14.1 Å². The molecule has 2 rings (SSSR count). The zero-order valence-electron chi connectivity index (χ0n) is 9.38. The van der Waals surface area contributed by atoms with Gasteiger partial charge in [-0.15, -0.1) is 0 Å². The summed E-state index contributed by atoms with van der Waals surface area (Å²) in [5.74, 6) is -0.247. The Morgan fingerprint density at radius 2 is 2.12 bits per heavy atom. The maximum Gasteiger partial charge on any atom is 0.137 e. The molecule has 1 heterocycles. The van der Waals surface area contributed by atoms with Crippen molar-refractivity contribution >= 4 is 5.78 Å². The molecule has 0 aliphatic rings. The van der Waals surface area contributed by atoms with Gasteiger partial charge in [0.25, 0.3) is 0 Å². The van der Waals surface area contributed by atoms with E-state index in [4.69, 9.17) is 0 Å². The van der Waals surface area contributed by atoms with Crippen molar-refractivity contribution in [1.82, 2.24) is 14.8 Å². The summed E-state index contributed by atoms with van der Waals surface area (Å²) in [6.07, 6.45) is 3.28. The Bertz CT molecular complexity index is 493. The normalized spacial score (nSPS) is 12.4. The first-order valence-electron chi connectivity index (χ1n) is 5.26. The Morgan fingerprint density at radius 1 is 1.41 bits per heavy atom. The number of halogens is 1. The van der Waals surface area contributed by atoms with Crippen LogP contribution < -0.4 is 0 Å². The Morgan fingerprint density at radius 3 is 2.65 bits per heavy atom. The monoisotopic (exact) mass is 233 g/mol. The van der Waals surface area contributed by atoms with E-state index in [2.05, 4.69) is 10.1 Å². The van der Waals surface area contributed by atoms with Crippen molar-refractivity contribution in [3.8, 4) is 0 Å². The highest BCUT2D eigenvalue weighted by molar-refractivity contribution is 5.76. The van der Waals surface area contributed by atoms with Crippen molar-refractivity contribution in [2.75, 3.05) is 0 Å². The molecule has 0 aliphatic carbocycles. The molecule has 17 heavy (non-hydrogen) atoms. The van der Waals surface area contributed by atoms with Crippen molar-refractivity contribution in [3.05, 3.63) is 48.3 Å². The minimum Gasteiger partial charge on any atom is -0.300 e. The number of hydrogen-bond donors (Lipinski definition) is 0. The Kier molecular flexibility index (Phi) is 3.27. The second-order valence-corrected chi connectivity index (χ2v) is 3.85. The third-order valence-corrected chi connectivity index (χ3v) is 2.49. The molecule has 0 amide bonds. The van der Waals surface area contributed by atoms with Crippen molar-refractivity contribution in [1.29, 1.82) is 0 Å². The van der Waals surface area contributed by atoms with Gasteiger partial charge in [0, 0.05) is 6.42 Å². The Labute approximate surface area is 98.1 Å². The van der Waals surface area contributed by atoms with E-state index in [1.807, 2.05) is 0 Å². The van der Waals surface area contributed by atoms with Gasteiger partial charge in [0.2, 0.25) is 0 Å². The van der Waals surface area contributed by atoms with Crippen LogP contribution in [0.3, 0.4) is 0 Å². The fourth-order valence-electron chi connectivity index (χ4n) is 1.70. The van der Waals surface area contributed by atoms with Crippen LogP contribution in [0.15, 0.2) is 36.9 Å². The van der Waals surface area contributed by atoms with Crippen LogP contribution in [0.25, 0.3) is 0 Å². The van der Waals surface area contributed by atoms with Crippen LogP contribution in [0.5, 0.6) is 0 Å². The SMILES string of the molecule is CC(=O)C[C@H](c1ccc(F)cc1)n1cncn1. The largest absolute Gasteiger partial charge is 0.300 e. The summed E-state index contributed by atoms with van der Waals surface area (Å²) in [6.45, 7) is 1.52. The van der Waals surface area contributed by atoms with E-state index in [9.17, 15) is 9.18 Å². The lowest BCUT2D eigenvalue weighted by Gasteiger charge is -2.15. The topological polar surface area (TPSA) is 47.8 Å². The molecule has 0 radical (unpaired) electrons. The molecule has 0 saturated heterocycles. The van der Waals surface area contributed by atoms with E-state index in [-0.39, 0.29) is 17.6 Å². The van der Waals surface area contributed by atoms with Crippen molar-refractivity contribution in [2.45, 2.75) is 19.4 Å². The van der Waals surface area contributed by atoms with Crippen LogP contribution in [0, 0.1) is 5.82 Å². The summed E-state index contributed by atoms with van der Waals surface area (Å²) in [6, 6.07) is 5.84. The lowest BCUT2D eigenvalue weighted by atomic mass is 10.0. The lowest BCUT2D eigenvalue weighted by molar-refractivity contribution is -0.117. The third-order valence-electron chi connectivity index (χ3n) is 2.49. The molecule has 5 heteroatoms. The molecule has 0 saturated carbocycles. The number of rotatable bonds is 4. The second kappa shape index (κ2) is 4.86. The number of ketones is 1. The maximum absolute atomic E-state index is 12.9. The van der Waals surface area contributed by atoms with Crippen LogP contribution in [-0.4, -0.2) is 20.5 Å². The average Bonchev–Trinajstić information content (AvgIpc) is 2.80. The molecule has 2 aromatic rings. The first-order chi connectivity index (χ1) is 8.16. The van der Waals surface area contributed by atoms with Gasteiger partial charge in [-0.3, -0.25) is 4.79 Å². The van der Waals surface area contributed by atoms with E-state index < -0.39 is 0 Å². The molecule has 0 spiro atoms. The molecule has 0 bridgehead atoms. The first kappa shape index (κ1) is 11.4. The number of hydrogen-bond acceptors (Lipinski definition) is 3. The van der Waals surface area contributed by atoms with E-state index >= 15 is 0 Å². The minimum absolute atomic E-state index is 0.0508. The fourth-order valence-corrected chi connectivity index (χ4v) is 1.70. The van der Waals surface area contributed by atoms with Crippen molar-refractivity contribution in [2.24, 2.45) is 0 Å². The van der Waals surface area contributed by atoms with Crippen LogP contribution in [0.1, 0.15) is 24.9 Å². The van der Waals surface area contributed by atoms with Gasteiger partial charge >= 0.3 is 0 Å². The van der Waals surface area contributed by atoms with E-state index in [1.165, 1.54) is 25.4 Å². The molecular formula is C12H12FN3O. The van der Waals surface area contributed by atoms with Crippen molar-refractivity contribution in [3.63, 3.8) is 0 Å². The lowest BCUT2D eigenvalue weighted by Crippen LogP contribution is -2.14. The standard InChI is InChI=1S/C12H12FN3O/c1-9(17)6-12(16-8-14-7-15-16)10-2-4-11(13)5-3-10/h2-5,7-8,12H,6H2,1H3/t12-/m1/s1. The van der Waals surface area contributed by atoms with E-state index in [0.29, 0.717) is 6.42 Å². The van der Waals surface area contributed by atoms with Crippen LogP contribution >= 0.6 is 0 Å². The van der Waals surface area contributed by atoms with Gasteiger partial charge in [0.1, 0.15) is 24.3 Å². The highest BCUT2D eigenvalue weighted by atomic mass is 19.1. The number of aromatic nitrogens is 3. The molecular weight excluding hydrogens is 221 g/mol. The zero-order chi connectivity index (χ0) is 12.3. The average molecular weight is 233 g/mol. The number of carbonyl (C=O) groups is 1. The molecule has 0 fully saturated rings. The van der Waals surface area contributed by atoms with Crippen LogP contribution in [0.4, 0.5) is 4.39 Å². The summed E-state index contributed by atoms with van der Waals surface area (Å²) in [4.78, 5) is 15.1. The summed E-state index contributed by atoms with van der Waals surface area (Å²) in [7, 11) is 0. The second-order valence-electron chi connectivity index (χ2n) is 3.85.